The zero-order chi connectivity index (χ0) is 19.0. The zero-order valence-corrected chi connectivity index (χ0v) is 15.7. The number of nitrogens with one attached hydrogen (secondary N) is 1. The van der Waals surface area contributed by atoms with E-state index in [2.05, 4.69) is 23.2 Å². The molecular formula is C21H26N2O4. The van der Waals surface area contributed by atoms with Crippen molar-refractivity contribution in [2.24, 2.45) is 5.92 Å². The molecule has 1 unspecified atom stereocenters. The van der Waals surface area contributed by atoms with Crippen LogP contribution >= 0.6 is 0 Å². The van der Waals surface area contributed by atoms with E-state index in [4.69, 9.17) is 9.84 Å². The summed E-state index contributed by atoms with van der Waals surface area (Å²) in [5.74, 6) is -0.946. The Morgan fingerprint density at radius 1 is 1.26 bits per heavy atom. The van der Waals surface area contributed by atoms with E-state index >= 15 is 0 Å². The quantitative estimate of drug-likeness (QED) is 0.866. The number of hydrogen-bond donors (Lipinski definition) is 2. The number of aromatic nitrogens is 1. The highest BCUT2D eigenvalue weighted by Crippen LogP contribution is 2.43. The van der Waals surface area contributed by atoms with Crippen molar-refractivity contribution < 1.29 is 19.4 Å². The van der Waals surface area contributed by atoms with Gasteiger partial charge in [0.25, 0.3) is 0 Å². The van der Waals surface area contributed by atoms with Gasteiger partial charge in [0.2, 0.25) is 5.91 Å². The van der Waals surface area contributed by atoms with Crippen molar-refractivity contribution in [3.63, 3.8) is 0 Å². The first-order valence-corrected chi connectivity index (χ1v) is 9.72. The maximum Gasteiger partial charge on any atom is 0.303 e. The van der Waals surface area contributed by atoms with Crippen LogP contribution in [-0.2, 0) is 26.3 Å². The van der Waals surface area contributed by atoms with Gasteiger partial charge in [-0.05, 0) is 36.8 Å². The number of para-hydroxylation sites is 1. The minimum atomic E-state index is -0.852. The second kappa shape index (κ2) is 7.00. The third kappa shape index (κ3) is 3.34. The summed E-state index contributed by atoms with van der Waals surface area (Å²) in [6.45, 7) is 3.82. The van der Waals surface area contributed by atoms with Gasteiger partial charge in [0.15, 0.2) is 0 Å². The van der Waals surface area contributed by atoms with E-state index in [0.29, 0.717) is 19.7 Å². The number of benzene rings is 1. The molecule has 1 atom stereocenters. The van der Waals surface area contributed by atoms with E-state index in [1.807, 2.05) is 17.9 Å². The van der Waals surface area contributed by atoms with Crippen LogP contribution in [0.1, 0.15) is 43.9 Å². The summed E-state index contributed by atoms with van der Waals surface area (Å²) in [4.78, 5) is 28.8. The molecule has 1 spiro atoms. The monoisotopic (exact) mass is 370 g/mol. The maximum absolute atomic E-state index is 12.5. The molecule has 3 heterocycles. The molecule has 1 aromatic heterocycles. The summed E-state index contributed by atoms with van der Waals surface area (Å²) in [5.41, 5.74) is 3.34. The third-order valence-electron chi connectivity index (χ3n) is 5.97. The number of nitrogens with zero attached hydrogens (tertiary/aromatic N) is 1. The lowest BCUT2D eigenvalue weighted by Gasteiger charge is -2.44. The zero-order valence-electron chi connectivity index (χ0n) is 15.7. The molecule has 2 N–H and O–H groups in total. The van der Waals surface area contributed by atoms with E-state index in [0.717, 1.165) is 24.8 Å². The average molecular weight is 370 g/mol. The molecule has 0 saturated carbocycles. The van der Waals surface area contributed by atoms with Crippen LogP contribution in [0, 0.1) is 5.92 Å². The topological polar surface area (TPSA) is 82.6 Å². The van der Waals surface area contributed by atoms with Crippen molar-refractivity contribution >= 4 is 22.8 Å². The molecule has 1 saturated heterocycles. The lowest BCUT2D eigenvalue weighted by atomic mass is 9.83. The molecule has 4 rings (SSSR count). The van der Waals surface area contributed by atoms with Crippen molar-refractivity contribution in [3.05, 3.63) is 35.5 Å². The Hall–Kier alpha value is -2.34. The molecule has 0 radical (unpaired) electrons. The van der Waals surface area contributed by atoms with Gasteiger partial charge >= 0.3 is 5.97 Å². The SMILES string of the molecule is CC(CC(=O)O)CC(=O)N1CCC2(CC1)OCCc1c2[nH]c2ccccc12. The van der Waals surface area contributed by atoms with E-state index in [-0.39, 0.29) is 30.3 Å². The van der Waals surface area contributed by atoms with Gasteiger partial charge in [-0.1, -0.05) is 25.1 Å². The van der Waals surface area contributed by atoms with E-state index in [1.165, 1.54) is 16.6 Å². The van der Waals surface area contributed by atoms with Gasteiger partial charge in [0.05, 0.1) is 12.3 Å². The fourth-order valence-corrected chi connectivity index (χ4v) is 4.58. The summed E-state index contributed by atoms with van der Waals surface area (Å²) in [6.07, 6.45) is 2.77. The summed E-state index contributed by atoms with van der Waals surface area (Å²) in [7, 11) is 0. The van der Waals surface area contributed by atoms with Crippen molar-refractivity contribution in [1.82, 2.24) is 9.88 Å². The highest BCUT2D eigenvalue weighted by Gasteiger charge is 2.43. The number of amides is 1. The molecular weight excluding hydrogens is 344 g/mol. The lowest BCUT2D eigenvalue weighted by Crippen LogP contribution is -2.48. The number of ether oxygens (including phenoxy) is 1. The first-order chi connectivity index (χ1) is 13.0. The largest absolute Gasteiger partial charge is 0.481 e. The number of fused-ring (bicyclic) bond motifs is 4. The Balaban J connectivity index is 1.48. The number of piperidine rings is 1. The van der Waals surface area contributed by atoms with Gasteiger partial charge in [-0.3, -0.25) is 9.59 Å². The molecule has 2 aromatic rings. The van der Waals surface area contributed by atoms with Crippen molar-refractivity contribution in [3.8, 4) is 0 Å². The first-order valence-electron chi connectivity index (χ1n) is 9.72. The van der Waals surface area contributed by atoms with Crippen molar-refractivity contribution in [2.75, 3.05) is 19.7 Å². The van der Waals surface area contributed by atoms with Gasteiger partial charge in [0, 0.05) is 36.8 Å². The number of rotatable bonds is 4. The van der Waals surface area contributed by atoms with Crippen LogP contribution in [0.3, 0.4) is 0 Å². The Morgan fingerprint density at radius 2 is 2.00 bits per heavy atom. The maximum atomic E-state index is 12.5. The molecule has 1 fully saturated rings. The van der Waals surface area contributed by atoms with Crippen molar-refractivity contribution in [1.29, 1.82) is 0 Å². The molecule has 144 valence electrons. The number of aliphatic carboxylic acids is 1. The van der Waals surface area contributed by atoms with Crippen molar-refractivity contribution in [2.45, 2.75) is 44.6 Å². The van der Waals surface area contributed by atoms with Crippen LogP contribution in [0.25, 0.3) is 10.9 Å². The Bertz CT molecular complexity index is 864. The predicted octanol–water partition coefficient (Wildman–Crippen LogP) is 3.06. The second-order valence-corrected chi connectivity index (χ2v) is 7.90. The number of likely N-dealkylation sites (tertiary alicyclic amines) is 1. The van der Waals surface area contributed by atoms with Gasteiger partial charge in [-0.25, -0.2) is 0 Å². The molecule has 1 aromatic carbocycles. The smallest absolute Gasteiger partial charge is 0.303 e. The van der Waals surface area contributed by atoms with Gasteiger partial charge in [0.1, 0.15) is 5.60 Å². The third-order valence-corrected chi connectivity index (χ3v) is 5.97. The summed E-state index contributed by atoms with van der Waals surface area (Å²) in [6, 6.07) is 8.37. The Kier molecular flexibility index (Phi) is 4.68. The molecule has 6 heteroatoms. The average Bonchev–Trinajstić information content (AvgIpc) is 3.02. The minimum Gasteiger partial charge on any atom is -0.481 e. The van der Waals surface area contributed by atoms with Gasteiger partial charge < -0.3 is 19.7 Å². The molecule has 2 aliphatic rings. The van der Waals surface area contributed by atoms with E-state index < -0.39 is 5.97 Å². The standard InChI is InChI=1S/C21H26N2O4/c1-14(13-19(25)26)12-18(24)23-9-7-21(8-10-23)20-16(6-11-27-21)15-4-2-3-5-17(15)22-20/h2-5,14,22H,6-13H2,1H3,(H,25,26). The fourth-order valence-electron chi connectivity index (χ4n) is 4.58. The molecule has 1 amide bonds. The van der Waals surface area contributed by atoms with Crippen LogP contribution in [0.4, 0.5) is 0 Å². The molecule has 0 aliphatic carbocycles. The first kappa shape index (κ1) is 18.0. The molecule has 6 nitrogen and oxygen atoms in total. The van der Waals surface area contributed by atoms with Crippen LogP contribution < -0.4 is 0 Å². The number of carboxylic acid groups (broad SMARTS) is 1. The Labute approximate surface area is 158 Å². The molecule has 0 bridgehead atoms. The fraction of sp³-hybridized carbons (Fsp3) is 0.524. The highest BCUT2D eigenvalue weighted by atomic mass is 16.5. The highest BCUT2D eigenvalue weighted by molar-refractivity contribution is 5.85. The second-order valence-electron chi connectivity index (χ2n) is 7.90. The minimum absolute atomic E-state index is 0.0328. The number of carbonyl (C=O) groups excluding carboxylic acids is 1. The van der Waals surface area contributed by atoms with E-state index in [1.54, 1.807) is 0 Å². The number of carboxylic acids is 1. The summed E-state index contributed by atoms with van der Waals surface area (Å²) < 4.78 is 6.28. The summed E-state index contributed by atoms with van der Waals surface area (Å²) in [5, 5.41) is 10.2. The Morgan fingerprint density at radius 3 is 2.74 bits per heavy atom. The number of carbonyl (C=O) groups is 2. The van der Waals surface area contributed by atoms with Crippen LogP contribution in [0.15, 0.2) is 24.3 Å². The van der Waals surface area contributed by atoms with Crippen LogP contribution in [-0.4, -0.2) is 46.6 Å². The van der Waals surface area contributed by atoms with Gasteiger partial charge in [-0.15, -0.1) is 0 Å². The van der Waals surface area contributed by atoms with Gasteiger partial charge in [-0.2, -0.15) is 0 Å². The molecule has 2 aliphatic heterocycles. The predicted molar refractivity (Wildman–Crippen MR) is 101 cm³/mol. The number of H-pyrrole nitrogens is 1. The number of hydrogen-bond acceptors (Lipinski definition) is 3. The van der Waals surface area contributed by atoms with Crippen LogP contribution in [0.5, 0.6) is 0 Å². The van der Waals surface area contributed by atoms with Crippen LogP contribution in [0.2, 0.25) is 0 Å². The van der Waals surface area contributed by atoms with E-state index in [9.17, 15) is 9.59 Å². The summed E-state index contributed by atoms with van der Waals surface area (Å²) >= 11 is 0. The lowest BCUT2D eigenvalue weighted by molar-refractivity contribution is -0.142. The molecule has 27 heavy (non-hydrogen) atoms. The normalized spacial score (nSPS) is 19.8. The number of aromatic amines is 1.